The molecule has 1 aliphatic carbocycles. The minimum atomic E-state index is -0.00215. The third-order valence-electron chi connectivity index (χ3n) is 5.41. The van der Waals surface area contributed by atoms with Gasteiger partial charge in [0.05, 0.1) is 17.8 Å². The summed E-state index contributed by atoms with van der Waals surface area (Å²) in [6.45, 7) is 2.92. The Morgan fingerprint density at radius 3 is 2.96 bits per heavy atom. The van der Waals surface area contributed by atoms with Gasteiger partial charge in [0, 0.05) is 31.9 Å². The molecule has 9 nitrogen and oxygen atoms in total. The SMILES string of the molecule is CN1CCNCC1c1noc(-c2cnn(CC(=O)NC3CCCCC3)c2)n1.Cl. The van der Waals surface area contributed by atoms with Crippen molar-refractivity contribution < 1.29 is 9.32 Å². The number of halogens is 1. The maximum absolute atomic E-state index is 12.2. The monoisotopic (exact) mass is 409 g/mol. The van der Waals surface area contributed by atoms with Crippen LogP contribution in [-0.2, 0) is 11.3 Å². The molecular weight excluding hydrogens is 382 g/mol. The van der Waals surface area contributed by atoms with Crippen molar-refractivity contribution in [1.29, 1.82) is 0 Å². The molecule has 4 rings (SSSR count). The average molecular weight is 410 g/mol. The van der Waals surface area contributed by atoms with Gasteiger partial charge in [-0.25, -0.2) is 0 Å². The molecule has 1 aliphatic heterocycles. The van der Waals surface area contributed by atoms with Crippen LogP contribution in [0.3, 0.4) is 0 Å². The number of aromatic nitrogens is 4. The molecule has 2 aromatic heterocycles. The first-order valence-corrected chi connectivity index (χ1v) is 9.76. The third kappa shape index (κ3) is 4.89. The highest BCUT2D eigenvalue weighted by molar-refractivity contribution is 5.85. The molecule has 0 radical (unpaired) electrons. The normalized spacial score (nSPS) is 21.2. The number of amides is 1. The van der Waals surface area contributed by atoms with E-state index in [1.807, 2.05) is 0 Å². The van der Waals surface area contributed by atoms with E-state index in [1.54, 1.807) is 17.1 Å². The Labute approximate surface area is 170 Å². The van der Waals surface area contributed by atoms with E-state index in [2.05, 4.69) is 37.8 Å². The Balaban J connectivity index is 0.00000225. The number of nitrogens with one attached hydrogen (secondary N) is 2. The van der Waals surface area contributed by atoms with Crippen LogP contribution in [0.5, 0.6) is 0 Å². The maximum atomic E-state index is 12.2. The molecular formula is C18H28ClN7O2. The number of carbonyl (C=O) groups is 1. The third-order valence-corrected chi connectivity index (χ3v) is 5.41. The summed E-state index contributed by atoms with van der Waals surface area (Å²) in [6, 6.07) is 0.411. The van der Waals surface area contributed by atoms with E-state index >= 15 is 0 Å². The predicted molar refractivity (Wildman–Crippen MR) is 106 cm³/mol. The number of piperazine rings is 1. The highest BCUT2D eigenvalue weighted by Crippen LogP contribution is 2.22. The molecule has 2 N–H and O–H groups in total. The number of hydrogen-bond acceptors (Lipinski definition) is 7. The van der Waals surface area contributed by atoms with Crippen molar-refractivity contribution in [2.24, 2.45) is 0 Å². The van der Waals surface area contributed by atoms with Gasteiger partial charge in [-0.15, -0.1) is 12.4 Å². The summed E-state index contributed by atoms with van der Waals surface area (Å²) in [5, 5.41) is 14.9. The molecule has 1 saturated heterocycles. The molecule has 2 aromatic rings. The van der Waals surface area contributed by atoms with Crippen LogP contribution in [0.2, 0.25) is 0 Å². The second-order valence-electron chi connectivity index (χ2n) is 7.49. The minimum Gasteiger partial charge on any atom is -0.352 e. The molecule has 0 bridgehead atoms. The van der Waals surface area contributed by atoms with Crippen LogP contribution in [0, 0.1) is 0 Å². The zero-order valence-electron chi connectivity index (χ0n) is 16.1. The Kier molecular flexibility index (Phi) is 7.03. The topological polar surface area (TPSA) is 101 Å². The van der Waals surface area contributed by atoms with Gasteiger partial charge >= 0.3 is 0 Å². The number of rotatable bonds is 5. The zero-order valence-corrected chi connectivity index (χ0v) is 17.0. The second-order valence-corrected chi connectivity index (χ2v) is 7.49. The fraction of sp³-hybridized carbons (Fsp3) is 0.667. The van der Waals surface area contributed by atoms with E-state index in [4.69, 9.17) is 4.52 Å². The molecule has 3 heterocycles. The van der Waals surface area contributed by atoms with Crippen molar-refractivity contribution in [3.8, 4) is 11.5 Å². The summed E-state index contributed by atoms with van der Waals surface area (Å²) in [4.78, 5) is 19.0. The number of carbonyl (C=O) groups excluding carboxylic acids is 1. The predicted octanol–water partition coefficient (Wildman–Crippen LogP) is 1.38. The Hall–Kier alpha value is -1.97. The summed E-state index contributed by atoms with van der Waals surface area (Å²) in [6.07, 6.45) is 9.25. The van der Waals surface area contributed by atoms with E-state index in [-0.39, 0.29) is 30.9 Å². The van der Waals surface area contributed by atoms with Gasteiger partial charge in [-0.3, -0.25) is 14.4 Å². The first-order chi connectivity index (χ1) is 13.2. The average Bonchev–Trinajstić information content (AvgIpc) is 3.32. The lowest BCUT2D eigenvalue weighted by molar-refractivity contribution is -0.122. The van der Waals surface area contributed by atoms with Crippen molar-refractivity contribution in [1.82, 2.24) is 35.5 Å². The van der Waals surface area contributed by atoms with Crippen molar-refractivity contribution in [3.05, 3.63) is 18.2 Å². The number of hydrogen-bond donors (Lipinski definition) is 2. The molecule has 2 aliphatic rings. The Morgan fingerprint density at radius 1 is 1.36 bits per heavy atom. The standard InChI is InChI=1S/C18H27N7O2.ClH/c1-24-8-7-19-10-15(24)17-22-18(27-23-17)13-9-20-25(11-13)12-16(26)21-14-5-3-2-4-6-14;/h9,11,14-15,19H,2-8,10,12H2,1H3,(H,21,26);1H. The van der Waals surface area contributed by atoms with E-state index in [0.29, 0.717) is 17.8 Å². The van der Waals surface area contributed by atoms with E-state index in [9.17, 15) is 4.79 Å². The van der Waals surface area contributed by atoms with Crippen LogP contribution in [0.15, 0.2) is 16.9 Å². The van der Waals surface area contributed by atoms with Crippen molar-refractivity contribution in [3.63, 3.8) is 0 Å². The lowest BCUT2D eigenvalue weighted by Crippen LogP contribution is -2.44. The van der Waals surface area contributed by atoms with Crippen molar-refractivity contribution in [2.45, 2.75) is 50.7 Å². The van der Waals surface area contributed by atoms with Crippen LogP contribution in [0.4, 0.5) is 0 Å². The van der Waals surface area contributed by atoms with Crippen molar-refractivity contribution >= 4 is 18.3 Å². The minimum absolute atomic E-state index is 0. The largest absolute Gasteiger partial charge is 0.352 e. The van der Waals surface area contributed by atoms with Crippen LogP contribution >= 0.6 is 12.4 Å². The number of nitrogens with zero attached hydrogens (tertiary/aromatic N) is 5. The van der Waals surface area contributed by atoms with Crippen molar-refractivity contribution in [2.75, 3.05) is 26.7 Å². The maximum Gasteiger partial charge on any atom is 0.261 e. The van der Waals surface area contributed by atoms with Crippen LogP contribution < -0.4 is 10.6 Å². The van der Waals surface area contributed by atoms with E-state index in [0.717, 1.165) is 38.0 Å². The molecule has 1 unspecified atom stereocenters. The first kappa shape index (κ1) is 20.8. The lowest BCUT2D eigenvalue weighted by atomic mass is 9.95. The fourth-order valence-electron chi connectivity index (χ4n) is 3.81. The summed E-state index contributed by atoms with van der Waals surface area (Å²) in [5.74, 6) is 1.10. The van der Waals surface area contributed by atoms with E-state index in [1.165, 1.54) is 19.3 Å². The molecule has 0 aromatic carbocycles. The van der Waals surface area contributed by atoms with Gasteiger partial charge in [0.15, 0.2) is 5.82 Å². The Bertz CT molecular complexity index is 772. The van der Waals surface area contributed by atoms with Crippen LogP contribution in [-0.4, -0.2) is 63.5 Å². The summed E-state index contributed by atoms with van der Waals surface area (Å²) in [5.41, 5.74) is 0.727. The summed E-state index contributed by atoms with van der Waals surface area (Å²) < 4.78 is 7.04. The smallest absolute Gasteiger partial charge is 0.261 e. The molecule has 1 atom stereocenters. The van der Waals surface area contributed by atoms with Crippen LogP contribution in [0.1, 0.15) is 44.0 Å². The highest BCUT2D eigenvalue weighted by Gasteiger charge is 2.26. The lowest BCUT2D eigenvalue weighted by Gasteiger charge is -2.30. The van der Waals surface area contributed by atoms with Gasteiger partial charge in [0.2, 0.25) is 5.91 Å². The quantitative estimate of drug-likeness (QED) is 0.769. The molecule has 10 heteroatoms. The van der Waals surface area contributed by atoms with Crippen LogP contribution in [0.25, 0.3) is 11.5 Å². The summed E-state index contributed by atoms with van der Waals surface area (Å²) in [7, 11) is 2.06. The first-order valence-electron chi connectivity index (χ1n) is 9.76. The molecule has 1 saturated carbocycles. The van der Waals surface area contributed by atoms with Gasteiger partial charge in [-0.2, -0.15) is 10.1 Å². The second kappa shape index (κ2) is 9.49. The Morgan fingerprint density at radius 2 is 2.18 bits per heavy atom. The van der Waals surface area contributed by atoms with Gasteiger partial charge in [0.25, 0.3) is 5.89 Å². The molecule has 0 spiro atoms. The molecule has 154 valence electrons. The van der Waals surface area contributed by atoms with Gasteiger partial charge in [-0.05, 0) is 19.9 Å². The summed E-state index contributed by atoms with van der Waals surface area (Å²) >= 11 is 0. The number of likely N-dealkylation sites (N-methyl/N-ethyl adjacent to an activating group) is 1. The van der Waals surface area contributed by atoms with Gasteiger partial charge in [-0.1, -0.05) is 24.4 Å². The molecule has 28 heavy (non-hydrogen) atoms. The van der Waals surface area contributed by atoms with E-state index < -0.39 is 0 Å². The zero-order chi connectivity index (χ0) is 18.6. The highest BCUT2D eigenvalue weighted by atomic mass is 35.5. The fourth-order valence-corrected chi connectivity index (χ4v) is 3.81. The molecule has 2 fully saturated rings. The van der Waals surface area contributed by atoms with Gasteiger partial charge < -0.3 is 15.2 Å². The van der Waals surface area contributed by atoms with Gasteiger partial charge in [0.1, 0.15) is 6.54 Å². The molecule has 1 amide bonds.